The zero-order chi connectivity index (χ0) is 19.9. The van der Waals surface area contributed by atoms with Crippen molar-refractivity contribution in [2.24, 2.45) is 4.99 Å². The average molecular weight is 404 g/mol. The topological polar surface area (TPSA) is 54.4 Å². The van der Waals surface area contributed by atoms with Crippen molar-refractivity contribution in [2.45, 2.75) is 56.6 Å². The van der Waals surface area contributed by atoms with Gasteiger partial charge in [-0.1, -0.05) is 30.0 Å². The lowest BCUT2D eigenvalue weighted by molar-refractivity contribution is 0.0337. The van der Waals surface area contributed by atoms with E-state index in [1.807, 2.05) is 39.0 Å². The summed E-state index contributed by atoms with van der Waals surface area (Å²) in [5.41, 5.74) is 1.37. The molecule has 2 atom stereocenters. The normalized spacial score (nSPS) is 27.1. The fraction of sp³-hybridized carbons (Fsp3) is 0.619. The Balaban J connectivity index is 1.68. The van der Waals surface area contributed by atoms with Gasteiger partial charge in [0.2, 0.25) is 0 Å². The van der Waals surface area contributed by atoms with Gasteiger partial charge in [0.1, 0.15) is 10.3 Å². The number of likely N-dealkylation sites (tertiary alicyclic amines) is 1. The van der Waals surface area contributed by atoms with E-state index < -0.39 is 16.6 Å². The third-order valence-electron chi connectivity index (χ3n) is 5.42. The van der Waals surface area contributed by atoms with Gasteiger partial charge in [-0.15, -0.1) is 0 Å². The number of thioether (sulfide) groups is 1. The number of methoxy groups -OCH3 is 1. The van der Waals surface area contributed by atoms with E-state index in [0.717, 1.165) is 29.5 Å². The third-order valence-corrected chi connectivity index (χ3v) is 6.90. The first kappa shape index (κ1) is 19.6. The molecule has 0 bridgehead atoms. The maximum absolute atomic E-state index is 13.1. The van der Waals surface area contributed by atoms with Crippen molar-refractivity contribution in [1.29, 1.82) is 0 Å². The first-order chi connectivity index (χ1) is 13.4. The van der Waals surface area contributed by atoms with Gasteiger partial charge >= 0.3 is 6.09 Å². The minimum atomic E-state index is -0.571. The molecule has 3 aliphatic heterocycles. The predicted octanol–water partition coefficient (Wildman–Crippen LogP) is 4.20. The number of ether oxygens (including phenoxy) is 2. The Kier molecular flexibility index (Phi) is 5.08. The zero-order valence-electron chi connectivity index (χ0n) is 17.1. The Hall–Kier alpha value is -1.73. The summed E-state index contributed by atoms with van der Waals surface area (Å²) in [6.45, 7) is 8.34. The molecule has 28 heavy (non-hydrogen) atoms. The fourth-order valence-corrected chi connectivity index (χ4v) is 5.72. The molecule has 1 amide bonds. The van der Waals surface area contributed by atoms with Crippen molar-refractivity contribution >= 4 is 28.7 Å². The Morgan fingerprint density at radius 3 is 2.61 bits per heavy atom. The van der Waals surface area contributed by atoms with Crippen molar-refractivity contribution in [1.82, 2.24) is 4.90 Å². The van der Waals surface area contributed by atoms with E-state index in [1.54, 1.807) is 23.8 Å². The van der Waals surface area contributed by atoms with Crippen LogP contribution in [0.1, 0.15) is 45.6 Å². The number of carbonyl (C=O) groups is 1. The molecule has 0 unspecified atom stereocenters. The number of amidine groups is 1. The Labute approximate surface area is 171 Å². The Bertz CT molecular complexity index is 785. The zero-order valence-corrected chi connectivity index (χ0v) is 17.9. The second kappa shape index (κ2) is 7.26. The SMILES string of the molecule is CO[C@@H]1N(C(=O)OC(C)(C)C)c2ccccc2[C@@]12CN=C(N1CCCCC1)S2. The summed E-state index contributed by atoms with van der Waals surface area (Å²) in [4.78, 5) is 22.0. The van der Waals surface area contributed by atoms with E-state index in [-0.39, 0.29) is 6.09 Å². The van der Waals surface area contributed by atoms with Gasteiger partial charge in [-0.05, 0) is 51.7 Å². The number of nitrogens with zero attached hydrogens (tertiary/aromatic N) is 3. The molecule has 1 fully saturated rings. The highest BCUT2D eigenvalue weighted by Crippen LogP contribution is 2.56. The quantitative estimate of drug-likeness (QED) is 0.703. The van der Waals surface area contributed by atoms with Crippen LogP contribution in [0.4, 0.5) is 10.5 Å². The maximum atomic E-state index is 13.1. The predicted molar refractivity (Wildman–Crippen MR) is 113 cm³/mol. The fourth-order valence-electron chi connectivity index (χ4n) is 4.24. The van der Waals surface area contributed by atoms with Crippen LogP contribution in [-0.2, 0) is 14.2 Å². The number of carbonyl (C=O) groups excluding carboxylic acids is 1. The number of benzene rings is 1. The number of fused-ring (bicyclic) bond motifs is 2. The largest absolute Gasteiger partial charge is 0.443 e. The van der Waals surface area contributed by atoms with Crippen LogP contribution in [0.5, 0.6) is 0 Å². The molecule has 0 saturated carbocycles. The van der Waals surface area contributed by atoms with Crippen LogP contribution in [-0.4, -0.2) is 54.7 Å². The smallest absolute Gasteiger partial charge is 0.417 e. The van der Waals surface area contributed by atoms with Crippen LogP contribution in [0.3, 0.4) is 0 Å². The summed E-state index contributed by atoms with van der Waals surface area (Å²) in [6.07, 6.45) is 2.86. The van der Waals surface area contributed by atoms with E-state index >= 15 is 0 Å². The molecule has 1 aromatic carbocycles. The number of rotatable bonds is 1. The first-order valence-electron chi connectivity index (χ1n) is 9.99. The highest BCUT2D eigenvalue weighted by Gasteiger charge is 2.58. The molecule has 6 nitrogen and oxygen atoms in total. The number of piperidine rings is 1. The standard InChI is InChI=1S/C21H29N3O3S/c1-20(2,3)27-19(25)24-16-11-7-6-10-15(16)21(17(24)26-4)14-22-18(28-21)23-12-8-5-9-13-23/h6-7,10-11,17H,5,8-9,12-14H2,1-4H3/t17-,21-/m0/s1. The number of anilines is 1. The van der Waals surface area contributed by atoms with Gasteiger partial charge in [0.15, 0.2) is 11.4 Å². The van der Waals surface area contributed by atoms with Gasteiger partial charge < -0.3 is 14.4 Å². The van der Waals surface area contributed by atoms with Crippen LogP contribution in [0.25, 0.3) is 0 Å². The second-order valence-corrected chi connectivity index (χ2v) is 9.89. The van der Waals surface area contributed by atoms with Crippen molar-refractivity contribution in [2.75, 3.05) is 31.6 Å². The monoisotopic (exact) mass is 403 g/mol. The van der Waals surface area contributed by atoms with Gasteiger partial charge in [0.05, 0.1) is 12.2 Å². The highest BCUT2D eigenvalue weighted by molar-refractivity contribution is 8.15. The molecule has 0 N–H and O–H groups in total. The molecule has 4 rings (SSSR count). The molecule has 7 heteroatoms. The molecule has 3 heterocycles. The first-order valence-corrected chi connectivity index (χ1v) is 10.8. The lowest BCUT2D eigenvalue weighted by atomic mass is 9.99. The lowest BCUT2D eigenvalue weighted by Crippen LogP contribution is -2.49. The molecule has 3 aliphatic rings. The van der Waals surface area contributed by atoms with E-state index in [1.165, 1.54) is 19.3 Å². The minimum Gasteiger partial charge on any atom is -0.443 e. The van der Waals surface area contributed by atoms with Gasteiger partial charge in [-0.3, -0.25) is 4.99 Å². The summed E-state index contributed by atoms with van der Waals surface area (Å²) in [6, 6.07) is 8.03. The molecular weight excluding hydrogens is 374 g/mol. The minimum absolute atomic E-state index is 0.379. The summed E-state index contributed by atoms with van der Waals surface area (Å²) < 4.78 is 11.2. The van der Waals surface area contributed by atoms with Crippen molar-refractivity contribution in [3.8, 4) is 0 Å². The number of para-hydroxylation sites is 1. The molecule has 1 aromatic rings. The molecule has 1 saturated heterocycles. The second-order valence-electron chi connectivity index (χ2n) is 8.59. The average Bonchev–Trinajstić information content (AvgIpc) is 3.22. The van der Waals surface area contributed by atoms with Gasteiger partial charge in [-0.2, -0.15) is 0 Å². The summed E-state index contributed by atoms with van der Waals surface area (Å²) >= 11 is 1.74. The van der Waals surface area contributed by atoms with Crippen molar-refractivity contribution in [3.63, 3.8) is 0 Å². The summed E-state index contributed by atoms with van der Waals surface area (Å²) in [5, 5.41) is 1.07. The Morgan fingerprint density at radius 1 is 1.21 bits per heavy atom. The number of aliphatic imine (C=N–C) groups is 1. The van der Waals surface area contributed by atoms with Gasteiger partial charge in [-0.25, -0.2) is 9.69 Å². The molecule has 0 radical (unpaired) electrons. The van der Waals surface area contributed by atoms with Gasteiger partial charge in [0.25, 0.3) is 0 Å². The number of hydrogen-bond donors (Lipinski definition) is 0. The molecule has 0 aromatic heterocycles. The van der Waals surface area contributed by atoms with E-state index in [9.17, 15) is 4.79 Å². The molecule has 152 valence electrons. The van der Waals surface area contributed by atoms with Crippen LogP contribution in [0.2, 0.25) is 0 Å². The van der Waals surface area contributed by atoms with E-state index in [2.05, 4.69) is 11.0 Å². The summed E-state index contributed by atoms with van der Waals surface area (Å²) in [5.74, 6) is 0. The van der Waals surface area contributed by atoms with Crippen LogP contribution in [0, 0.1) is 0 Å². The molecule has 0 aliphatic carbocycles. The van der Waals surface area contributed by atoms with Crippen molar-refractivity contribution in [3.05, 3.63) is 29.8 Å². The summed E-state index contributed by atoms with van der Waals surface area (Å²) in [7, 11) is 1.66. The number of hydrogen-bond acceptors (Lipinski definition) is 6. The number of amides is 1. The molecular formula is C21H29N3O3S. The van der Waals surface area contributed by atoms with Gasteiger partial charge in [0, 0.05) is 20.2 Å². The lowest BCUT2D eigenvalue weighted by Gasteiger charge is -2.35. The van der Waals surface area contributed by atoms with Crippen molar-refractivity contribution < 1.29 is 14.3 Å². The highest BCUT2D eigenvalue weighted by atomic mass is 32.2. The van der Waals surface area contributed by atoms with Crippen LogP contribution >= 0.6 is 11.8 Å². The maximum Gasteiger partial charge on any atom is 0.417 e. The molecule has 1 spiro atoms. The van der Waals surface area contributed by atoms with E-state index in [4.69, 9.17) is 14.5 Å². The van der Waals surface area contributed by atoms with Crippen LogP contribution < -0.4 is 4.90 Å². The third kappa shape index (κ3) is 3.28. The van der Waals surface area contributed by atoms with Crippen LogP contribution in [0.15, 0.2) is 29.3 Å². The Morgan fingerprint density at radius 2 is 1.93 bits per heavy atom. The van der Waals surface area contributed by atoms with E-state index in [0.29, 0.717) is 6.54 Å².